The fourth-order valence-corrected chi connectivity index (χ4v) is 12.5. The molecule has 1 aliphatic rings. The first-order valence-electron chi connectivity index (χ1n) is 26.8. The molecule has 0 unspecified atom stereocenters. The van der Waals surface area contributed by atoms with E-state index >= 15 is 0 Å². The van der Waals surface area contributed by atoms with Crippen molar-refractivity contribution in [2.45, 2.75) is 133 Å². The van der Waals surface area contributed by atoms with Gasteiger partial charge in [0.25, 0.3) is 0 Å². The van der Waals surface area contributed by atoms with Gasteiger partial charge in [0, 0.05) is 66.2 Å². The monoisotopic (exact) mass is 1170 g/mol. The molecule has 0 N–H and O–H groups in total. The van der Waals surface area contributed by atoms with E-state index in [9.17, 15) is 0 Å². The van der Waals surface area contributed by atoms with E-state index in [4.69, 9.17) is 14.4 Å². The summed E-state index contributed by atoms with van der Waals surface area (Å²) in [6, 6.07) is 49.5. The first kappa shape index (κ1) is 56.0. The molecule has 9 aromatic rings. The van der Waals surface area contributed by atoms with Crippen LogP contribution in [-0.4, -0.2) is 23.0 Å². The number of aromatic nitrogens is 3. The van der Waals surface area contributed by atoms with Crippen LogP contribution in [0, 0.1) is 37.5 Å². The summed E-state index contributed by atoms with van der Waals surface area (Å²) in [7, 11) is -1.36. The molecule has 0 saturated heterocycles. The Hall–Kier alpha value is -5.78. The average Bonchev–Trinajstić information content (AvgIpc) is 3.72. The van der Waals surface area contributed by atoms with Crippen LogP contribution in [0.25, 0.3) is 66.8 Å². The van der Waals surface area contributed by atoms with E-state index in [1.165, 1.54) is 92.9 Å². The molecule has 0 spiro atoms. The maximum Gasteiger partial charge on any atom is 0.144 e. The molecule has 0 aliphatic heterocycles. The van der Waals surface area contributed by atoms with Gasteiger partial charge in [-0.15, -0.1) is 0 Å². The number of para-hydroxylation sites is 1. The summed E-state index contributed by atoms with van der Waals surface area (Å²) >= 11 is 0. The number of aryl methyl sites for hydroxylation is 3. The van der Waals surface area contributed by atoms with Crippen molar-refractivity contribution >= 4 is 35.2 Å². The Balaban J connectivity index is 0.000000176. The Morgan fingerprint density at radius 1 is 0.541 bits per heavy atom. The van der Waals surface area contributed by atoms with Crippen molar-refractivity contribution in [3.63, 3.8) is 0 Å². The molecule has 4 heterocycles. The van der Waals surface area contributed by atoms with Crippen molar-refractivity contribution in [1.29, 1.82) is 0 Å². The Labute approximate surface area is 458 Å². The number of hydrogen-bond donors (Lipinski definition) is 0. The fourth-order valence-electron chi connectivity index (χ4n) is 10.9. The minimum absolute atomic E-state index is 0. The zero-order valence-electron chi connectivity index (χ0n) is 46.3. The summed E-state index contributed by atoms with van der Waals surface area (Å²) in [5.74, 6) is 0.813. The van der Waals surface area contributed by atoms with Crippen molar-refractivity contribution in [1.82, 2.24) is 15.0 Å². The molecule has 10 rings (SSSR count). The third-order valence-corrected chi connectivity index (χ3v) is 16.1. The minimum Gasteiger partial charge on any atom is -0.455 e. The first-order valence-corrected chi connectivity index (χ1v) is 30.3. The van der Waals surface area contributed by atoms with Gasteiger partial charge in [-0.2, -0.15) is 0 Å². The second-order valence-corrected chi connectivity index (χ2v) is 29.3. The Morgan fingerprint density at radius 2 is 1.12 bits per heavy atom. The minimum atomic E-state index is -1.36. The fraction of sp³-hybridized carbons (Fsp3) is 0.338. The van der Waals surface area contributed by atoms with Gasteiger partial charge in [0.05, 0.1) is 25.2 Å². The molecule has 4 aromatic heterocycles. The van der Waals surface area contributed by atoms with Gasteiger partial charge in [0.2, 0.25) is 0 Å². The van der Waals surface area contributed by atoms with Gasteiger partial charge < -0.3 is 4.42 Å². The third kappa shape index (κ3) is 14.7. The topological polar surface area (TPSA) is 51.8 Å². The van der Waals surface area contributed by atoms with E-state index in [1.807, 2.05) is 30.6 Å². The number of rotatable bonds is 9. The van der Waals surface area contributed by atoms with Crippen molar-refractivity contribution in [3.05, 3.63) is 191 Å². The molecule has 0 atom stereocenters. The van der Waals surface area contributed by atoms with Crippen molar-refractivity contribution in [3.8, 4) is 44.9 Å². The second-order valence-electron chi connectivity index (χ2n) is 24.3. The van der Waals surface area contributed by atoms with E-state index in [0.29, 0.717) is 10.8 Å². The molecule has 0 bridgehead atoms. The van der Waals surface area contributed by atoms with Crippen molar-refractivity contribution < 1.29 is 24.5 Å². The second kappa shape index (κ2) is 24.3. The molecular formula is C68H79IrN3OSi. The molecule has 74 heavy (non-hydrogen) atoms. The summed E-state index contributed by atoms with van der Waals surface area (Å²) < 4.78 is 6.55. The van der Waals surface area contributed by atoms with Crippen LogP contribution >= 0.6 is 0 Å². The molecule has 4 nitrogen and oxygen atoms in total. The van der Waals surface area contributed by atoms with Crippen LogP contribution in [0.2, 0.25) is 19.6 Å². The van der Waals surface area contributed by atoms with Gasteiger partial charge in [-0.05, 0) is 149 Å². The number of fused-ring (bicyclic) bond motifs is 3. The molecule has 0 amide bonds. The van der Waals surface area contributed by atoms with Crippen LogP contribution in [0.1, 0.15) is 107 Å². The predicted octanol–water partition coefficient (Wildman–Crippen LogP) is 18.6. The smallest absolute Gasteiger partial charge is 0.144 e. The Kier molecular flexibility index (Phi) is 18.3. The number of furan rings is 1. The van der Waals surface area contributed by atoms with Gasteiger partial charge in [-0.3, -0.25) is 15.0 Å². The van der Waals surface area contributed by atoms with Gasteiger partial charge >= 0.3 is 0 Å². The van der Waals surface area contributed by atoms with Gasteiger partial charge in [-0.25, -0.2) is 0 Å². The number of benzene rings is 5. The van der Waals surface area contributed by atoms with Crippen LogP contribution in [0.5, 0.6) is 0 Å². The molecule has 1 radical (unpaired) electrons. The van der Waals surface area contributed by atoms with E-state index in [0.717, 1.165) is 69.8 Å². The van der Waals surface area contributed by atoms with Gasteiger partial charge in [-0.1, -0.05) is 190 Å². The van der Waals surface area contributed by atoms with Crippen LogP contribution < -0.4 is 5.19 Å². The first-order chi connectivity index (χ1) is 34.8. The largest absolute Gasteiger partial charge is 0.455 e. The van der Waals surface area contributed by atoms with Crippen molar-refractivity contribution in [2.24, 2.45) is 16.7 Å². The summed E-state index contributed by atoms with van der Waals surface area (Å²) in [4.78, 5) is 13.9. The summed E-state index contributed by atoms with van der Waals surface area (Å²) in [6.07, 6.45) is 16.2. The summed E-state index contributed by atoms with van der Waals surface area (Å²) in [6.45, 7) is 27.5. The molecule has 5 aromatic carbocycles. The maximum atomic E-state index is 6.55. The summed E-state index contributed by atoms with van der Waals surface area (Å²) in [5.41, 5.74) is 19.7. The van der Waals surface area contributed by atoms with E-state index in [2.05, 4.69) is 214 Å². The molecule has 6 heteroatoms. The third-order valence-electron chi connectivity index (χ3n) is 14.0. The average molecular weight is 1170 g/mol. The molecule has 1 saturated carbocycles. The molecule has 385 valence electrons. The SMILES string of the molecule is CC(C)(C)Cc1cc(-c2ccccc2)ncc1[Si](C)(C)C.CC(C)(C)Cc1ccnc(-c2ccccc2)c1.Cc1cc(C)c(-c2ccc3c(c2)oc2c(-c4cc(CC5CCCCC5)ccn4)cccc23)c(C)c1.[Ir]. The zero-order chi connectivity index (χ0) is 51.9. The molecule has 1 aliphatic carbocycles. The molecule has 1 fully saturated rings. The van der Waals surface area contributed by atoms with Crippen molar-refractivity contribution in [2.75, 3.05) is 0 Å². The normalized spacial score (nSPS) is 13.1. The van der Waals surface area contributed by atoms with Crippen LogP contribution in [0.15, 0.2) is 163 Å². The Morgan fingerprint density at radius 3 is 1.73 bits per heavy atom. The van der Waals surface area contributed by atoms with Crippen LogP contribution in [-0.2, 0) is 39.4 Å². The Bertz CT molecular complexity index is 3250. The van der Waals surface area contributed by atoms with Crippen LogP contribution in [0.3, 0.4) is 0 Å². The number of hydrogen-bond acceptors (Lipinski definition) is 4. The number of nitrogens with zero attached hydrogens (tertiary/aromatic N) is 3. The molecular weight excluding hydrogens is 1100 g/mol. The quantitative estimate of drug-likeness (QED) is 0.135. The van der Waals surface area contributed by atoms with E-state index in [1.54, 1.807) is 0 Å². The maximum absolute atomic E-state index is 6.55. The van der Waals surface area contributed by atoms with E-state index in [-0.39, 0.29) is 20.1 Å². The van der Waals surface area contributed by atoms with Gasteiger partial charge in [0.15, 0.2) is 0 Å². The number of pyridine rings is 3. The standard InChI is InChI=1S/C33H33NO.C19H27NSi.C16H19N.Ir/c1-21-16-22(2)32(23(3)17-21)26-12-13-27-28-10-7-11-29(33(28)35-31(27)20-26)30-19-25(14-15-34-30)18-24-8-5-4-6-9-24;1-19(2,3)13-16-12-17(15-10-8-7-9-11-15)20-14-18(16)21(4,5)6;1-16(2,3)12-13-9-10-17-15(11-13)14-7-5-4-6-8-14;/h7,10-17,19-20,24H,4-6,8-9,18H2,1-3H3;7-12,14H,13H2,1-6H3;4-11H,12H2,1-3H3;. The van der Waals surface area contributed by atoms with Gasteiger partial charge in [0.1, 0.15) is 11.2 Å². The zero-order valence-corrected chi connectivity index (χ0v) is 49.7. The summed E-state index contributed by atoms with van der Waals surface area (Å²) in [5, 5.41) is 3.81. The van der Waals surface area contributed by atoms with E-state index < -0.39 is 8.07 Å². The predicted molar refractivity (Wildman–Crippen MR) is 316 cm³/mol. The van der Waals surface area contributed by atoms with Crippen LogP contribution in [0.4, 0.5) is 0 Å².